The first-order valence-corrected chi connectivity index (χ1v) is 7.62. The van der Waals surface area contributed by atoms with Crippen molar-refractivity contribution in [1.29, 1.82) is 0 Å². The molecule has 1 aromatic rings. The average molecular weight is 277 g/mol. The molecule has 1 N–H and O–H groups in total. The zero-order valence-corrected chi connectivity index (χ0v) is 12.1. The summed E-state index contributed by atoms with van der Waals surface area (Å²) in [7, 11) is 2.01. The van der Waals surface area contributed by atoms with Gasteiger partial charge in [0.05, 0.1) is 13.1 Å². The SMILES string of the molecule is CN(CC(=O)NCc1nnc2n1CCCCC2)C1CC1. The number of fused-ring (bicyclic) bond motifs is 1. The van der Waals surface area contributed by atoms with Gasteiger partial charge >= 0.3 is 0 Å². The molecule has 110 valence electrons. The molecule has 6 nitrogen and oxygen atoms in total. The van der Waals surface area contributed by atoms with Gasteiger partial charge in [-0.3, -0.25) is 9.69 Å². The van der Waals surface area contributed by atoms with Crippen LogP contribution in [0.15, 0.2) is 0 Å². The molecule has 1 amide bonds. The van der Waals surface area contributed by atoms with Crippen LogP contribution in [-0.4, -0.2) is 45.2 Å². The Bertz CT molecular complexity index is 480. The fraction of sp³-hybridized carbons (Fsp3) is 0.786. The molecular formula is C14H23N5O. The number of carbonyl (C=O) groups excluding carboxylic acids is 1. The third-order valence-corrected chi connectivity index (χ3v) is 4.19. The lowest BCUT2D eigenvalue weighted by molar-refractivity contribution is -0.122. The van der Waals surface area contributed by atoms with E-state index < -0.39 is 0 Å². The van der Waals surface area contributed by atoms with Gasteiger partial charge in [-0.1, -0.05) is 6.42 Å². The average Bonchev–Trinajstić information content (AvgIpc) is 3.23. The maximum atomic E-state index is 11.9. The van der Waals surface area contributed by atoms with Crippen molar-refractivity contribution in [1.82, 2.24) is 25.0 Å². The molecule has 0 spiro atoms. The molecule has 2 heterocycles. The van der Waals surface area contributed by atoms with Gasteiger partial charge in [-0.05, 0) is 32.7 Å². The maximum absolute atomic E-state index is 11.9. The summed E-state index contributed by atoms with van der Waals surface area (Å²) in [5.74, 6) is 2.04. The topological polar surface area (TPSA) is 63.1 Å². The number of likely N-dealkylation sites (N-methyl/N-ethyl adjacent to an activating group) is 1. The van der Waals surface area contributed by atoms with Crippen molar-refractivity contribution in [2.45, 2.75) is 57.7 Å². The molecule has 0 bridgehead atoms. The highest BCUT2D eigenvalue weighted by Crippen LogP contribution is 2.24. The highest BCUT2D eigenvalue weighted by atomic mass is 16.2. The summed E-state index contributed by atoms with van der Waals surface area (Å²) in [6.45, 7) is 1.95. The van der Waals surface area contributed by atoms with Crippen molar-refractivity contribution in [3.05, 3.63) is 11.6 Å². The van der Waals surface area contributed by atoms with Crippen LogP contribution in [0.5, 0.6) is 0 Å². The number of hydrogen-bond acceptors (Lipinski definition) is 4. The zero-order chi connectivity index (χ0) is 13.9. The minimum absolute atomic E-state index is 0.0744. The summed E-state index contributed by atoms with van der Waals surface area (Å²) in [6.07, 6.45) is 7.07. The second-order valence-electron chi connectivity index (χ2n) is 5.92. The number of aromatic nitrogens is 3. The van der Waals surface area contributed by atoms with Gasteiger partial charge in [-0.15, -0.1) is 10.2 Å². The van der Waals surface area contributed by atoms with Crippen LogP contribution in [0.1, 0.15) is 43.8 Å². The minimum Gasteiger partial charge on any atom is -0.348 e. The zero-order valence-electron chi connectivity index (χ0n) is 12.1. The van der Waals surface area contributed by atoms with E-state index in [0.29, 0.717) is 19.1 Å². The van der Waals surface area contributed by atoms with E-state index >= 15 is 0 Å². The van der Waals surface area contributed by atoms with Crippen LogP contribution < -0.4 is 5.32 Å². The summed E-state index contributed by atoms with van der Waals surface area (Å²) in [5.41, 5.74) is 0. The van der Waals surface area contributed by atoms with Crippen LogP contribution in [0, 0.1) is 0 Å². The predicted molar refractivity (Wildman–Crippen MR) is 75.1 cm³/mol. The van der Waals surface area contributed by atoms with Crippen molar-refractivity contribution in [3.8, 4) is 0 Å². The second kappa shape index (κ2) is 5.91. The van der Waals surface area contributed by atoms with E-state index in [9.17, 15) is 4.79 Å². The fourth-order valence-corrected chi connectivity index (χ4v) is 2.78. The first-order chi connectivity index (χ1) is 9.74. The van der Waals surface area contributed by atoms with E-state index in [2.05, 4.69) is 25.0 Å². The molecule has 2 aliphatic rings. The first-order valence-electron chi connectivity index (χ1n) is 7.62. The monoisotopic (exact) mass is 277 g/mol. The first kappa shape index (κ1) is 13.5. The van der Waals surface area contributed by atoms with Crippen molar-refractivity contribution in [2.75, 3.05) is 13.6 Å². The van der Waals surface area contributed by atoms with Gasteiger partial charge in [0.2, 0.25) is 5.91 Å². The molecule has 3 rings (SSSR count). The molecule has 0 atom stereocenters. The van der Waals surface area contributed by atoms with Gasteiger partial charge < -0.3 is 9.88 Å². The lowest BCUT2D eigenvalue weighted by atomic mass is 10.2. The highest BCUT2D eigenvalue weighted by molar-refractivity contribution is 5.77. The molecular weight excluding hydrogens is 254 g/mol. The molecule has 6 heteroatoms. The second-order valence-corrected chi connectivity index (χ2v) is 5.92. The Morgan fingerprint density at radius 1 is 1.35 bits per heavy atom. The van der Waals surface area contributed by atoms with Crippen molar-refractivity contribution in [2.24, 2.45) is 0 Å². The fourth-order valence-electron chi connectivity index (χ4n) is 2.78. The molecule has 0 aromatic carbocycles. The highest BCUT2D eigenvalue weighted by Gasteiger charge is 2.27. The van der Waals surface area contributed by atoms with Gasteiger partial charge in [0.1, 0.15) is 5.82 Å². The molecule has 1 fully saturated rings. The van der Waals surface area contributed by atoms with Gasteiger partial charge in [0.25, 0.3) is 0 Å². The van der Waals surface area contributed by atoms with Crippen LogP contribution in [0.2, 0.25) is 0 Å². The number of hydrogen-bond donors (Lipinski definition) is 1. The van der Waals surface area contributed by atoms with E-state index in [1.165, 1.54) is 32.1 Å². The largest absolute Gasteiger partial charge is 0.348 e. The standard InChI is InChI=1S/C14H23N5O/c1-18(11-6-7-11)10-14(20)15-9-13-17-16-12-5-3-2-4-8-19(12)13/h11H,2-10H2,1H3,(H,15,20). The molecule has 1 aliphatic heterocycles. The maximum Gasteiger partial charge on any atom is 0.234 e. The summed E-state index contributed by atoms with van der Waals surface area (Å²) in [5, 5.41) is 11.4. The van der Waals surface area contributed by atoms with Crippen LogP contribution >= 0.6 is 0 Å². The minimum atomic E-state index is 0.0744. The lowest BCUT2D eigenvalue weighted by Crippen LogP contribution is -2.36. The van der Waals surface area contributed by atoms with E-state index in [1.807, 2.05) is 7.05 Å². The van der Waals surface area contributed by atoms with E-state index in [-0.39, 0.29) is 5.91 Å². The van der Waals surface area contributed by atoms with Crippen molar-refractivity contribution < 1.29 is 4.79 Å². The summed E-state index contributed by atoms with van der Waals surface area (Å²) in [6, 6.07) is 0.616. The Balaban J connectivity index is 1.52. The van der Waals surface area contributed by atoms with Crippen molar-refractivity contribution in [3.63, 3.8) is 0 Å². The molecule has 0 saturated heterocycles. The Hall–Kier alpha value is -1.43. The quantitative estimate of drug-likeness (QED) is 0.861. The molecule has 0 unspecified atom stereocenters. The molecule has 1 saturated carbocycles. The number of amides is 1. The molecule has 0 radical (unpaired) electrons. The van der Waals surface area contributed by atoms with E-state index in [4.69, 9.17) is 0 Å². The summed E-state index contributed by atoms with van der Waals surface area (Å²) < 4.78 is 2.18. The summed E-state index contributed by atoms with van der Waals surface area (Å²) >= 11 is 0. The molecule has 1 aliphatic carbocycles. The van der Waals surface area contributed by atoms with Crippen LogP contribution in [-0.2, 0) is 24.3 Å². The Labute approximate surface area is 119 Å². The Kier molecular flexibility index (Phi) is 4.00. The summed E-state index contributed by atoms with van der Waals surface area (Å²) in [4.78, 5) is 14.0. The van der Waals surface area contributed by atoms with Crippen LogP contribution in [0.4, 0.5) is 0 Å². The number of nitrogens with one attached hydrogen (secondary N) is 1. The smallest absolute Gasteiger partial charge is 0.234 e. The molecule has 1 aromatic heterocycles. The number of carbonyl (C=O) groups is 1. The number of nitrogens with zero attached hydrogens (tertiary/aromatic N) is 4. The van der Waals surface area contributed by atoms with E-state index in [0.717, 1.165) is 24.6 Å². The Morgan fingerprint density at radius 3 is 3.00 bits per heavy atom. The lowest BCUT2D eigenvalue weighted by Gasteiger charge is -2.15. The third-order valence-electron chi connectivity index (χ3n) is 4.19. The van der Waals surface area contributed by atoms with Crippen molar-refractivity contribution >= 4 is 5.91 Å². The number of aryl methyl sites for hydroxylation is 1. The van der Waals surface area contributed by atoms with Crippen LogP contribution in [0.3, 0.4) is 0 Å². The van der Waals surface area contributed by atoms with Crippen LogP contribution in [0.25, 0.3) is 0 Å². The molecule has 20 heavy (non-hydrogen) atoms. The van der Waals surface area contributed by atoms with E-state index in [1.54, 1.807) is 0 Å². The normalized spacial score (nSPS) is 18.7. The van der Waals surface area contributed by atoms with Gasteiger partial charge in [0, 0.05) is 19.0 Å². The predicted octanol–water partition coefficient (Wildman–Crippen LogP) is 0.715. The van der Waals surface area contributed by atoms with Gasteiger partial charge in [0.15, 0.2) is 5.82 Å². The number of rotatable bonds is 5. The van der Waals surface area contributed by atoms with Gasteiger partial charge in [-0.25, -0.2) is 0 Å². The Morgan fingerprint density at radius 2 is 2.20 bits per heavy atom. The third kappa shape index (κ3) is 3.17. The van der Waals surface area contributed by atoms with Gasteiger partial charge in [-0.2, -0.15) is 0 Å².